The molecule has 294 valence electrons. The van der Waals surface area contributed by atoms with Gasteiger partial charge in [0, 0.05) is 45.1 Å². The quantitative estimate of drug-likeness (QED) is 0.146. The number of piperazine rings is 1. The molecule has 12 nitrogen and oxygen atoms in total. The van der Waals surface area contributed by atoms with Gasteiger partial charge in [0.1, 0.15) is 35.0 Å². The minimum absolute atomic E-state index is 0.0532. The number of anilines is 1. The number of aryl methyl sites for hydroxylation is 1. The zero-order valence-corrected chi connectivity index (χ0v) is 32.9. The molecule has 8 rings (SSSR count). The number of fused-ring (bicyclic) bond motifs is 5. The van der Waals surface area contributed by atoms with Crippen LogP contribution in [0.5, 0.6) is 11.8 Å². The van der Waals surface area contributed by atoms with E-state index in [1.165, 1.54) is 0 Å². The fourth-order valence-electron chi connectivity index (χ4n) is 9.55. The van der Waals surface area contributed by atoms with Gasteiger partial charge < -0.3 is 28.6 Å². The van der Waals surface area contributed by atoms with Crippen molar-refractivity contribution in [1.29, 1.82) is 0 Å². The first-order valence-corrected chi connectivity index (χ1v) is 19.7. The number of carbonyl (C=O) groups is 1. The fraction of sp³-hybridized carbons (Fsp3) is 0.571. The summed E-state index contributed by atoms with van der Waals surface area (Å²) < 4.78 is 46.5. The number of benzene rings is 2. The van der Waals surface area contributed by atoms with Crippen molar-refractivity contribution in [1.82, 2.24) is 24.8 Å². The molecule has 4 aliphatic rings. The van der Waals surface area contributed by atoms with Crippen LogP contribution in [0.15, 0.2) is 36.5 Å². The maximum Gasteiger partial charge on any atom is 0.410 e. The predicted molar refractivity (Wildman–Crippen MR) is 208 cm³/mol. The number of nitrogens with zero attached hydrogens (tertiary/aromatic N) is 6. The maximum atomic E-state index is 17.4. The molecule has 4 aromatic rings. The molecule has 6 heterocycles. The summed E-state index contributed by atoms with van der Waals surface area (Å²) in [6.45, 7) is 10.9. The normalized spacial score (nSPS) is 23.9. The van der Waals surface area contributed by atoms with E-state index in [9.17, 15) is 4.79 Å². The third-order valence-electron chi connectivity index (χ3n) is 11.9. The smallest absolute Gasteiger partial charge is 0.410 e. The zero-order chi connectivity index (χ0) is 38.5. The van der Waals surface area contributed by atoms with Crippen LogP contribution in [0.3, 0.4) is 0 Å². The topological polar surface area (TPSA) is 112 Å². The summed E-state index contributed by atoms with van der Waals surface area (Å²) in [6, 6.07) is 10.2. The lowest BCUT2D eigenvalue weighted by molar-refractivity contribution is 0.0122. The molecule has 1 amide bonds. The number of amides is 1. The molecule has 0 aliphatic carbocycles. The lowest BCUT2D eigenvalue weighted by atomic mass is 9.95. The molecule has 0 saturated carbocycles. The minimum atomic E-state index is -0.598. The average Bonchev–Trinajstić information content (AvgIpc) is 3.82. The van der Waals surface area contributed by atoms with Crippen molar-refractivity contribution in [2.75, 3.05) is 58.8 Å². The molecule has 0 radical (unpaired) electrons. The predicted octanol–water partition coefficient (Wildman–Crippen LogP) is 7.14. The second-order valence-corrected chi connectivity index (χ2v) is 16.5. The van der Waals surface area contributed by atoms with Gasteiger partial charge in [-0.15, -0.1) is 0 Å². The molecule has 2 aromatic carbocycles. The SMILES string of the molecule is CCc1cccc2cc(OCOC)cc(-c3ncc4c(N5CC6CCC(C5)N6C(=O)OC(C)(C)C)nc(OCC56CCCN5C(COC)CC6)nc4c3F)c12. The first kappa shape index (κ1) is 37.6. The van der Waals surface area contributed by atoms with E-state index in [1.54, 1.807) is 20.4 Å². The van der Waals surface area contributed by atoms with Gasteiger partial charge in [-0.3, -0.25) is 14.8 Å². The van der Waals surface area contributed by atoms with E-state index in [0.29, 0.717) is 54.9 Å². The highest BCUT2D eigenvalue weighted by Gasteiger charge is 2.50. The van der Waals surface area contributed by atoms with E-state index in [-0.39, 0.29) is 47.7 Å². The summed E-state index contributed by atoms with van der Waals surface area (Å²) in [5.74, 6) is 0.548. The Morgan fingerprint density at radius 2 is 1.82 bits per heavy atom. The van der Waals surface area contributed by atoms with Crippen LogP contribution in [0.4, 0.5) is 15.0 Å². The highest BCUT2D eigenvalue weighted by atomic mass is 19.1. The van der Waals surface area contributed by atoms with Gasteiger partial charge in [-0.2, -0.15) is 9.97 Å². The number of aromatic nitrogens is 3. The van der Waals surface area contributed by atoms with Crippen molar-refractivity contribution < 1.29 is 32.9 Å². The van der Waals surface area contributed by atoms with Crippen molar-refractivity contribution in [2.24, 2.45) is 0 Å². The van der Waals surface area contributed by atoms with E-state index in [2.05, 4.69) is 22.8 Å². The van der Waals surface area contributed by atoms with E-state index in [4.69, 9.17) is 38.6 Å². The van der Waals surface area contributed by atoms with Crippen molar-refractivity contribution in [3.63, 3.8) is 0 Å². The van der Waals surface area contributed by atoms with Crippen LogP contribution in [-0.4, -0.2) is 114 Å². The van der Waals surface area contributed by atoms with Crippen LogP contribution in [0, 0.1) is 5.82 Å². The molecule has 4 saturated heterocycles. The van der Waals surface area contributed by atoms with Crippen LogP contribution in [0.2, 0.25) is 0 Å². The molecule has 2 bridgehead atoms. The first-order chi connectivity index (χ1) is 26.5. The number of rotatable bonds is 11. The maximum absolute atomic E-state index is 17.4. The van der Waals surface area contributed by atoms with Crippen LogP contribution in [0.1, 0.15) is 71.8 Å². The van der Waals surface area contributed by atoms with Gasteiger partial charge >= 0.3 is 12.1 Å². The van der Waals surface area contributed by atoms with Crippen molar-refractivity contribution in [3.8, 4) is 23.0 Å². The van der Waals surface area contributed by atoms with Crippen molar-refractivity contribution >= 4 is 33.6 Å². The Kier molecular flexibility index (Phi) is 10.2. The molecule has 4 fully saturated rings. The molecule has 13 heteroatoms. The van der Waals surface area contributed by atoms with E-state index in [1.807, 2.05) is 49.9 Å². The summed E-state index contributed by atoms with van der Waals surface area (Å²) in [4.78, 5) is 34.6. The third-order valence-corrected chi connectivity index (χ3v) is 11.9. The van der Waals surface area contributed by atoms with Gasteiger partial charge in [0.2, 0.25) is 0 Å². The highest BCUT2D eigenvalue weighted by molar-refractivity contribution is 6.01. The number of hydrogen-bond acceptors (Lipinski definition) is 11. The zero-order valence-electron chi connectivity index (χ0n) is 32.9. The molecular formula is C42H53FN6O6. The molecule has 0 N–H and O–H groups in total. The molecular weight excluding hydrogens is 703 g/mol. The molecule has 4 atom stereocenters. The summed E-state index contributed by atoms with van der Waals surface area (Å²) in [5.41, 5.74) is 1.26. The van der Waals surface area contributed by atoms with Gasteiger partial charge in [-0.05, 0) is 101 Å². The summed E-state index contributed by atoms with van der Waals surface area (Å²) >= 11 is 0. The van der Waals surface area contributed by atoms with Gasteiger partial charge in [0.25, 0.3) is 0 Å². The van der Waals surface area contributed by atoms with Gasteiger partial charge in [0.15, 0.2) is 12.6 Å². The Balaban J connectivity index is 1.21. The molecule has 4 unspecified atom stereocenters. The fourth-order valence-corrected chi connectivity index (χ4v) is 9.55. The van der Waals surface area contributed by atoms with E-state index >= 15 is 4.39 Å². The second-order valence-electron chi connectivity index (χ2n) is 16.5. The van der Waals surface area contributed by atoms with Crippen LogP contribution >= 0.6 is 0 Å². The van der Waals surface area contributed by atoms with E-state index < -0.39 is 11.4 Å². The molecule has 55 heavy (non-hydrogen) atoms. The van der Waals surface area contributed by atoms with Crippen LogP contribution < -0.4 is 14.4 Å². The summed E-state index contributed by atoms with van der Waals surface area (Å²) in [7, 11) is 3.32. The molecule has 0 spiro atoms. The summed E-state index contributed by atoms with van der Waals surface area (Å²) in [6.07, 6.45) is 7.96. The van der Waals surface area contributed by atoms with Gasteiger partial charge in [0.05, 0.1) is 29.6 Å². The number of ether oxygens (including phenoxy) is 5. The highest BCUT2D eigenvalue weighted by Crippen LogP contribution is 2.44. The number of hydrogen-bond donors (Lipinski definition) is 0. The second kappa shape index (κ2) is 15.0. The van der Waals surface area contributed by atoms with Crippen LogP contribution in [-0.2, 0) is 20.6 Å². The Morgan fingerprint density at radius 1 is 1.02 bits per heavy atom. The Bertz CT molecular complexity index is 2060. The van der Waals surface area contributed by atoms with Gasteiger partial charge in [-0.1, -0.05) is 25.1 Å². The Labute approximate surface area is 322 Å². The number of methoxy groups -OCH3 is 2. The van der Waals surface area contributed by atoms with Crippen molar-refractivity contribution in [3.05, 3.63) is 47.9 Å². The summed E-state index contributed by atoms with van der Waals surface area (Å²) in [5, 5.41) is 2.32. The largest absolute Gasteiger partial charge is 0.468 e. The lowest BCUT2D eigenvalue weighted by Crippen LogP contribution is -2.57. The number of halogens is 1. The monoisotopic (exact) mass is 756 g/mol. The third kappa shape index (κ3) is 7.03. The van der Waals surface area contributed by atoms with Crippen molar-refractivity contribution in [2.45, 2.75) is 102 Å². The standard InChI is InChI=1S/C42H53FN6O6/c1-7-26-10-8-11-27-18-31(54-25-52-6)19-32(34(26)27)36-35(43)37-33(20-44-36)38(47-21-28-12-13-29(22-47)49(28)40(50)55-41(2,3)4)46-39(45-37)53-24-42-15-9-17-48(42)30(14-16-42)23-51-5/h8,10-11,18-20,28-30H,7,9,12-17,21-25H2,1-6H3. The first-order valence-electron chi connectivity index (χ1n) is 19.7. The van der Waals surface area contributed by atoms with E-state index in [0.717, 1.165) is 67.8 Å². The Morgan fingerprint density at radius 3 is 2.55 bits per heavy atom. The number of pyridine rings is 1. The molecule has 2 aromatic heterocycles. The van der Waals surface area contributed by atoms with Crippen LogP contribution in [0.25, 0.3) is 32.9 Å². The molecule has 4 aliphatic heterocycles. The lowest BCUT2D eigenvalue weighted by Gasteiger charge is -2.42. The number of carbonyl (C=O) groups excluding carboxylic acids is 1. The minimum Gasteiger partial charge on any atom is -0.468 e. The average molecular weight is 757 g/mol. The van der Waals surface area contributed by atoms with Gasteiger partial charge in [-0.25, -0.2) is 9.18 Å². The Hall–Kier alpha value is -4.33.